The lowest BCUT2D eigenvalue weighted by molar-refractivity contribution is 0.0949. The lowest BCUT2D eigenvalue weighted by Gasteiger charge is -2.06. The molecular formula is C12H11BrIN3O. The fraction of sp³-hybridized carbons (Fsp3) is 0.167. The second-order valence-corrected chi connectivity index (χ2v) is 5.89. The predicted octanol–water partition coefficient (Wildman–Crippen LogP) is 2.72. The molecule has 0 bridgehead atoms. The molecule has 4 nitrogen and oxygen atoms in total. The van der Waals surface area contributed by atoms with Crippen molar-refractivity contribution in [2.24, 2.45) is 7.05 Å². The molecule has 1 aromatic carbocycles. The molecule has 0 aliphatic rings. The Labute approximate surface area is 127 Å². The van der Waals surface area contributed by atoms with Gasteiger partial charge in [0.25, 0.3) is 5.91 Å². The average Bonchev–Trinajstić information content (AvgIpc) is 2.75. The zero-order valence-corrected chi connectivity index (χ0v) is 13.4. The van der Waals surface area contributed by atoms with Crippen LogP contribution in [0.1, 0.15) is 16.1 Å². The summed E-state index contributed by atoms with van der Waals surface area (Å²) in [5.74, 6) is -0.106. The lowest BCUT2D eigenvalue weighted by Crippen LogP contribution is -2.23. The third kappa shape index (κ3) is 3.32. The minimum absolute atomic E-state index is 0.106. The summed E-state index contributed by atoms with van der Waals surface area (Å²) in [6.07, 6.45) is 1.85. The van der Waals surface area contributed by atoms with Gasteiger partial charge in [-0.05, 0) is 62.8 Å². The molecule has 0 aliphatic carbocycles. The standard InChI is InChI=1S/C12H11BrIN3O/c1-17-5-4-9(16-17)7-15-12(18)10-6-8(14)2-3-11(10)13/h2-6H,7H2,1H3,(H,15,18). The smallest absolute Gasteiger partial charge is 0.252 e. The molecular weight excluding hydrogens is 409 g/mol. The first-order chi connectivity index (χ1) is 8.56. The normalized spacial score (nSPS) is 10.4. The quantitative estimate of drug-likeness (QED) is 0.777. The van der Waals surface area contributed by atoms with E-state index < -0.39 is 0 Å². The van der Waals surface area contributed by atoms with Crippen LogP contribution in [-0.2, 0) is 13.6 Å². The van der Waals surface area contributed by atoms with Gasteiger partial charge < -0.3 is 5.32 Å². The number of halogens is 2. The third-order valence-corrected chi connectivity index (χ3v) is 3.73. The minimum atomic E-state index is -0.106. The molecule has 1 heterocycles. The van der Waals surface area contributed by atoms with E-state index in [1.165, 1.54) is 0 Å². The number of amides is 1. The van der Waals surface area contributed by atoms with Crippen molar-refractivity contribution < 1.29 is 4.79 Å². The molecule has 0 aliphatic heterocycles. The maximum Gasteiger partial charge on any atom is 0.252 e. The van der Waals surface area contributed by atoms with Gasteiger partial charge >= 0.3 is 0 Å². The molecule has 0 saturated carbocycles. The van der Waals surface area contributed by atoms with E-state index in [4.69, 9.17) is 0 Å². The van der Waals surface area contributed by atoms with Gasteiger partial charge in [0, 0.05) is 21.3 Å². The number of carbonyl (C=O) groups is 1. The van der Waals surface area contributed by atoms with E-state index in [1.54, 1.807) is 4.68 Å². The van der Waals surface area contributed by atoms with Crippen molar-refractivity contribution in [3.8, 4) is 0 Å². The van der Waals surface area contributed by atoms with Crippen LogP contribution in [0.5, 0.6) is 0 Å². The van der Waals surface area contributed by atoms with Crippen molar-refractivity contribution in [2.45, 2.75) is 6.54 Å². The number of benzene rings is 1. The molecule has 18 heavy (non-hydrogen) atoms. The van der Waals surface area contributed by atoms with Gasteiger partial charge in [0.15, 0.2) is 0 Å². The van der Waals surface area contributed by atoms with Gasteiger partial charge in [-0.2, -0.15) is 5.10 Å². The number of nitrogens with one attached hydrogen (secondary N) is 1. The highest BCUT2D eigenvalue weighted by Gasteiger charge is 2.10. The molecule has 2 aromatic rings. The van der Waals surface area contributed by atoms with Crippen LogP contribution in [0.4, 0.5) is 0 Å². The van der Waals surface area contributed by atoms with Crippen molar-refractivity contribution in [2.75, 3.05) is 0 Å². The molecule has 94 valence electrons. The summed E-state index contributed by atoms with van der Waals surface area (Å²) in [4.78, 5) is 12.0. The van der Waals surface area contributed by atoms with Gasteiger partial charge in [-0.15, -0.1) is 0 Å². The predicted molar refractivity (Wildman–Crippen MR) is 81.2 cm³/mol. The largest absolute Gasteiger partial charge is 0.346 e. The van der Waals surface area contributed by atoms with Gasteiger partial charge in [-0.25, -0.2) is 0 Å². The van der Waals surface area contributed by atoms with Crippen molar-refractivity contribution in [3.63, 3.8) is 0 Å². The van der Waals surface area contributed by atoms with E-state index in [0.717, 1.165) is 13.7 Å². The van der Waals surface area contributed by atoms with Crippen molar-refractivity contribution in [1.82, 2.24) is 15.1 Å². The summed E-state index contributed by atoms with van der Waals surface area (Å²) in [6.45, 7) is 0.428. The Kier molecular flexibility index (Phi) is 4.39. The van der Waals surface area contributed by atoms with E-state index >= 15 is 0 Å². The monoisotopic (exact) mass is 419 g/mol. The summed E-state index contributed by atoms with van der Waals surface area (Å²) in [6, 6.07) is 7.54. The third-order valence-electron chi connectivity index (χ3n) is 2.37. The Hall–Kier alpha value is -0.890. The highest BCUT2D eigenvalue weighted by atomic mass is 127. The van der Waals surface area contributed by atoms with E-state index in [1.807, 2.05) is 37.5 Å². The van der Waals surface area contributed by atoms with Crippen LogP contribution in [0.25, 0.3) is 0 Å². The maximum atomic E-state index is 12.0. The number of nitrogens with zero attached hydrogens (tertiary/aromatic N) is 2. The fourth-order valence-electron chi connectivity index (χ4n) is 1.50. The Bertz CT molecular complexity index is 582. The first-order valence-electron chi connectivity index (χ1n) is 5.28. The number of carbonyl (C=O) groups excluding carboxylic acids is 1. The molecule has 6 heteroatoms. The summed E-state index contributed by atoms with van der Waals surface area (Å²) in [5, 5.41) is 7.05. The van der Waals surface area contributed by atoms with Crippen LogP contribution in [0.2, 0.25) is 0 Å². The highest BCUT2D eigenvalue weighted by Crippen LogP contribution is 2.19. The molecule has 0 spiro atoms. The second kappa shape index (κ2) is 5.83. The lowest BCUT2D eigenvalue weighted by atomic mass is 10.2. The molecule has 1 amide bonds. The SMILES string of the molecule is Cn1ccc(CNC(=O)c2cc(I)ccc2Br)n1. The molecule has 0 fully saturated rings. The van der Waals surface area contributed by atoms with Crippen LogP contribution in [0, 0.1) is 3.57 Å². The van der Waals surface area contributed by atoms with Crippen molar-refractivity contribution >= 4 is 44.4 Å². The summed E-state index contributed by atoms with van der Waals surface area (Å²) < 4.78 is 3.53. The van der Waals surface area contributed by atoms with Crippen LogP contribution in [-0.4, -0.2) is 15.7 Å². The first-order valence-corrected chi connectivity index (χ1v) is 7.15. The summed E-state index contributed by atoms with van der Waals surface area (Å²) >= 11 is 5.56. The second-order valence-electron chi connectivity index (χ2n) is 3.79. The van der Waals surface area contributed by atoms with E-state index in [2.05, 4.69) is 48.9 Å². The maximum absolute atomic E-state index is 12.0. The van der Waals surface area contributed by atoms with Crippen molar-refractivity contribution in [1.29, 1.82) is 0 Å². The van der Waals surface area contributed by atoms with Crippen LogP contribution in [0.3, 0.4) is 0 Å². The van der Waals surface area contributed by atoms with Gasteiger partial charge in [0.1, 0.15) is 0 Å². The van der Waals surface area contributed by atoms with Crippen molar-refractivity contribution in [3.05, 3.63) is 49.8 Å². The fourth-order valence-corrected chi connectivity index (χ4v) is 2.41. The minimum Gasteiger partial charge on any atom is -0.346 e. The highest BCUT2D eigenvalue weighted by molar-refractivity contribution is 14.1. The van der Waals surface area contributed by atoms with Gasteiger partial charge in [-0.1, -0.05) is 0 Å². The Morgan fingerprint density at radius 1 is 1.50 bits per heavy atom. The summed E-state index contributed by atoms with van der Waals surface area (Å²) in [7, 11) is 1.85. The molecule has 1 aromatic heterocycles. The van der Waals surface area contributed by atoms with Crippen LogP contribution in [0.15, 0.2) is 34.9 Å². The Balaban J connectivity index is 2.05. The topological polar surface area (TPSA) is 46.9 Å². The van der Waals surface area contributed by atoms with E-state index in [-0.39, 0.29) is 5.91 Å². The zero-order chi connectivity index (χ0) is 13.1. The zero-order valence-electron chi connectivity index (χ0n) is 9.65. The molecule has 1 N–H and O–H groups in total. The van der Waals surface area contributed by atoms with Crippen LogP contribution >= 0.6 is 38.5 Å². The first kappa shape index (κ1) is 13.5. The number of rotatable bonds is 3. The number of hydrogen-bond donors (Lipinski definition) is 1. The van der Waals surface area contributed by atoms with Crippen LogP contribution < -0.4 is 5.32 Å². The van der Waals surface area contributed by atoms with E-state index in [9.17, 15) is 4.79 Å². The van der Waals surface area contributed by atoms with Gasteiger partial charge in [0.2, 0.25) is 0 Å². The van der Waals surface area contributed by atoms with Gasteiger partial charge in [0.05, 0.1) is 17.8 Å². The Morgan fingerprint density at radius 2 is 2.28 bits per heavy atom. The number of aryl methyl sites for hydroxylation is 1. The van der Waals surface area contributed by atoms with Gasteiger partial charge in [-0.3, -0.25) is 9.48 Å². The number of hydrogen-bond acceptors (Lipinski definition) is 2. The molecule has 0 radical (unpaired) electrons. The average molecular weight is 420 g/mol. The Morgan fingerprint density at radius 3 is 2.94 bits per heavy atom. The number of aromatic nitrogens is 2. The molecule has 2 rings (SSSR count). The molecule has 0 unspecified atom stereocenters. The summed E-state index contributed by atoms with van der Waals surface area (Å²) in [5.41, 5.74) is 1.48. The van der Waals surface area contributed by atoms with E-state index in [0.29, 0.717) is 12.1 Å². The molecule has 0 saturated heterocycles. The molecule has 0 atom stereocenters.